The number of rotatable bonds is 3. The SMILES string of the molecule is Cc1cc(Br)cc(/C=N/NC(=O)c2cc(Br)co2)c1O. The number of nitrogens with one attached hydrogen (secondary N) is 1. The number of carbonyl (C=O) groups is 1. The summed E-state index contributed by atoms with van der Waals surface area (Å²) in [5.74, 6) is -0.214. The number of hydrogen-bond donors (Lipinski definition) is 2. The highest BCUT2D eigenvalue weighted by atomic mass is 79.9. The van der Waals surface area contributed by atoms with Gasteiger partial charge in [-0.1, -0.05) is 15.9 Å². The quantitative estimate of drug-likeness (QED) is 0.609. The standard InChI is InChI=1S/C13H10Br2N2O3/c1-7-2-9(14)3-8(12(7)18)5-16-17-13(19)11-4-10(15)6-20-11/h2-6,18H,1H3,(H,17,19)/b16-5+. The van der Waals surface area contributed by atoms with Crippen LogP contribution in [0.3, 0.4) is 0 Å². The lowest BCUT2D eigenvalue weighted by atomic mass is 10.1. The average Bonchev–Trinajstić information content (AvgIpc) is 2.81. The fourth-order valence-electron chi connectivity index (χ4n) is 1.51. The third-order valence-corrected chi connectivity index (χ3v) is 3.33. The Balaban J connectivity index is 2.09. The number of aromatic hydroxyl groups is 1. The molecule has 1 amide bonds. The molecule has 0 saturated carbocycles. The van der Waals surface area contributed by atoms with Crippen molar-refractivity contribution in [3.05, 3.63) is 50.3 Å². The van der Waals surface area contributed by atoms with Crippen LogP contribution in [0.25, 0.3) is 0 Å². The van der Waals surface area contributed by atoms with Crippen molar-refractivity contribution >= 4 is 44.0 Å². The van der Waals surface area contributed by atoms with Gasteiger partial charge in [-0.3, -0.25) is 4.79 Å². The third-order valence-electron chi connectivity index (χ3n) is 2.46. The molecule has 0 aliphatic carbocycles. The number of nitrogens with zero attached hydrogens (tertiary/aromatic N) is 1. The van der Waals surface area contributed by atoms with E-state index in [1.807, 2.05) is 0 Å². The van der Waals surface area contributed by atoms with Crippen LogP contribution in [0.5, 0.6) is 5.75 Å². The second-order valence-electron chi connectivity index (χ2n) is 3.99. The lowest BCUT2D eigenvalue weighted by Crippen LogP contribution is -2.16. The summed E-state index contributed by atoms with van der Waals surface area (Å²) in [6.07, 6.45) is 2.77. The minimum atomic E-state index is -0.474. The summed E-state index contributed by atoms with van der Waals surface area (Å²) in [5, 5.41) is 13.6. The van der Waals surface area contributed by atoms with E-state index in [1.165, 1.54) is 18.5 Å². The summed E-state index contributed by atoms with van der Waals surface area (Å²) in [7, 11) is 0. The molecule has 1 heterocycles. The highest BCUT2D eigenvalue weighted by Crippen LogP contribution is 2.25. The fraction of sp³-hybridized carbons (Fsp3) is 0.0769. The molecule has 104 valence electrons. The highest BCUT2D eigenvalue weighted by molar-refractivity contribution is 9.10. The van der Waals surface area contributed by atoms with Crippen LogP contribution in [0.4, 0.5) is 0 Å². The van der Waals surface area contributed by atoms with E-state index >= 15 is 0 Å². The number of phenolic OH excluding ortho intramolecular Hbond substituents is 1. The van der Waals surface area contributed by atoms with Gasteiger partial charge in [0.25, 0.3) is 0 Å². The molecule has 2 aromatic rings. The van der Waals surface area contributed by atoms with E-state index < -0.39 is 5.91 Å². The van der Waals surface area contributed by atoms with E-state index in [0.29, 0.717) is 15.6 Å². The van der Waals surface area contributed by atoms with Gasteiger partial charge in [0.2, 0.25) is 0 Å². The number of hydrazone groups is 1. The van der Waals surface area contributed by atoms with Crippen molar-refractivity contribution in [1.82, 2.24) is 5.43 Å². The van der Waals surface area contributed by atoms with E-state index in [1.54, 1.807) is 19.1 Å². The van der Waals surface area contributed by atoms with Crippen LogP contribution in [0.1, 0.15) is 21.7 Å². The van der Waals surface area contributed by atoms with Crippen LogP contribution in [-0.4, -0.2) is 17.2 Å². The molecule has 0 spiro atoms. The highest BCUT2D eigenvalue weighted by Gasteiger charge is 2.09. The third kappa shape index (κ3) is 3.49. The van der Waals surface area contributed by atoms with Crippen molar-refractivity contribution < 1.29 is 14.3 Å². The minimum Gasteiger partial charge on any atom is -0.507 e. The number of aryl methyl sites for hydroxylation is 1. The van der Waals surface area contributed by atoms with E-state index in [4.69, 9.17) is 4.42 Å². The van der Waals surface area contributed by atoms with Crippen molar-refractivity contribution in [1.29, 1.82) is 0 Å². The Labute approximate surface area is 131 Å². The molecule has 0 unspecified atom stereocenters. The van der Waals surface area contributed by atoms with Gasteiger partial charge in [-0.2, -0.15) is 5.10 Å². The molecule has 2 N–H and O–H groups in total. The average molecular weight is 402 g/mol. The van der Waals surface area contributed by atoms with Crippen molar-refractivity contribution in [3.8, 4) is 5.75 Å². The number of amides is 1. The van der Waals surface area contributed by atoms with Crippen LogP contribution in [0.2, 0.25) is 0 Å². The smallest absolute Gasteiger partial charge is 0.307 e. The number of hydrogen-bond acceptors (Lipinski definition) is 4. The summed E-state index contributed by atoms with van der Waals surface area (Å²) in [4.78, 5) is 11.7. The summed E-state index contributed by atoms with van der Waals surface area (Å²) in [6.45, 7) is 1.77. The minimum absolute atomic E-state index is 0.118. The van der Waals surface area contributed by atoms with Gasteiger partial charge in [-0.15, -0.1) is 0 Å². The van der Waals surface area contributed by atoms with E-state index in [9.17, 15) is 9.90 Å². The molecule has 0 fully saturated rings. The molecule has 0 radical (unpaired) electrons. The number of benzene rings is 1. The second kappa shape index (κ2) is 6.23. The molecule has 0 aliphatic rings. The number of furan rings is 1. The first-order chi connectivity index (χ1) is 9.47. The van der Waals surface area contributed by atoms with Gasteiger partial charge in [-0.25, -0.2) is 5.43 Å². The lowest BCUT2D eigenvalue weighted by molar-refractivity contribution is 0.0927. The van der Waals surface area contributed by atoms with Gasteiger partial charge in [-0.05, 0) is 40.5 Å². The van der Waals surface area contributed by atoms with E-state index in [0.717, 1.165) is 4.47 Å². The summed E-state index contributed by atoms with van der Waals surface area (Å²) in [6, 6.07) is 5.01. The first-order valence-electron chi connectivity index (χ1n) is 5.54. The Morgan fingerprint density at radius 2 is 2.10 bits per heavy atom. The Morgan fingerprint density at radius 1 is 1.35 bits per heavy atom. The molecule has 0 atom stereocenters. The molecule has 20 heavy (non-hydrogen) atoms. The van der Waals surface area contributed by atoms with Crippen LogP contribution < -0.4 is 5.43 Å². The van der Waals surface area contributed by atoms with Crippen LogP contribution >= 0.6 is 31.9 Å². The maximum absolute atomic E-state index is 11.7. The van der Waals surface area contributed by atoms with E-state index in [-0.39, 0.29) is 11.5 Å². The van der Waals surface area contributed by atoms with Crippen molar-refractivity contribution in [3.63, 3.8) is 0 Å². The molecule has 5 nitrogen and oxygen atoms in total. The Kier molecular flexibility index (Phi) is 4.61. The first kappa shape index (κ1) is 14.8. The number of halogens is 2. The molecule has 1 aromatic carbocycles. The monoisotopic (exact) mass is 400 g/mol. The molecule has 2 rings (SSSR count). The zero-order valence-corrected chi connectivity index (χ0v) is 13.5. The predicted molar refractivity (Wildman–Crippen MR) is 82.0 cm³/mol. The largest absolute Gasteiger partial charge is 0.507 e. The van der Waals surface area contributed by atoms with Crippen LogP contribution in [-0.2, 0) is 0 Å². The van der Waals surface area contributed by atoms with Gasteiger partial charge in [0.05, 0.1) is 10.7 Å². The summed E-state index contributed by atoms with van der Waals surface area (Å²) >= 11 is 6.51. The van der Waals surface area contributed by atoms with Gasteiger partial charge in [0.1, 0.15) is 12.0 Å². The summed E-state index contributed by atoms with van der Waals surface area (Å²) in [5.41, 5.74) is 3.52. The van der Waals surface area contributed by atoms with Crippen molar-refractivity contribution in [2.75, 3.05) is 0 Å². The zero-order valence-electron chi connectivity index (χ0n) is 10.4. The Morgan fingerprint density at radius 3 is 2.75 bits per heavy atom. The molecule has 7 heteroatoms. The second-order valence-corrected chi connectivity index (χ2v) is 5.82. The molecule has 0 saturated heterocycles. The molecule has 1 aromatic heterocycles. The molecule has 0 aliphatic heterocycles. The fourth-order valence-corrected chi connectivity index (χ4v) is 2.40. The maximum Gasteiger partial charge on any atom is 0.307 e. The van der Waals surface area contributed by atoms with Crippen LogP contribution in [0, 0.1) is 6.92 Å². The van der Waals surface area contributed by atoms with Gasteiger partial charge >= 0.3 is 5.91 Å². The summed E-state index contributed by atoms with van der Waals surface area (Å²) < 4.78 is 6.49. The predicted octanol–water partition coefficient (Wildman–Crippen LogP) is 3.58. The van der Waals surface area contributed by atoms with E-state index in [2.05, 4.69) is 42.4 Å². The Bertz CT molecular complexity index is 680. The number of carbonyl (C=O) groups excluding carboxylic acids is 1. The van der Waals surface area contributed by atoms with Crippen molar-refractivity contribution in [2.45, 2.75) is 6.92 Å². The van der Waals surface area contributed by atoms with Gasteiger partial charge in [0, 0.05) is 16.1 Å². The van der Waals surface area contributed by atoms with Crippen molar-refractivity contribution in [2.24, 2.45) is 5.10 Å². The molecular formula is C13H10Br2N2O3. The maximum atomic E-state index is 11.7. The Hall–Kier alpha value is -1.60. The number of phenols is 1. The molecule has 0 bridgehead atoms. The zero-order chi connectivity index (χ0) is 14.7. The topological polar surface area (TPSA) is 74.8 Å². The molecular weight excluding hydrogens is 392 g/mol. The normalized spacial score (nSPS) is 10.9. The first-order valence-corrected chi connectivity index (χ1v) is 7.12. The van der Waals surface area contributed by atoms with Gasteiger partial charge in [0.15, 0.2) is 5.76 Å². The van der Waals surface area contributed by atoms with Gasteiger partial charge < -0.3 is 9.52 Å². The lowest BCUT2D eigenvalue weighted by Gasteiger charge is -2.03. The van der Waals surface area contributed by atoms with Crippen LogP contribution in [0.15, 0.2) is 42.9 Å².